The van der Waals surface area contributed by atoms with Crippen LogP contribution in [-0.2, 0) is 9.05 Å². The number of halogens is 3. The van der Waals surface area contributed by atoms with E-state index in [4.69, 9.17) is 33.9 Å². The van der Waals surface area contributed by atoms with Gasteiger partial charge in [0.2, 0.25) is 0 Å². The molecule has 112 valence electrons. The number of hydrogen-bond donors (Lipinski definition) is 0. The summed E-state index contributed by atoms with van der Waals surface area (Å²) in [5, 5.41) is 1.38. The van der Waals surface area contributed by atoms with Crippen LogP contribution in [-0.4, -0.2) is 13.4 Å². The molecule has 0 aliphatic rings. The number of fused-ring (bicyclic) bond motifs is 1. The zero-order chi connectivity index (χ0) is 15.9. The van der Waals surface area contributed by atoms with Crippen LogP contribution in [0.4, 0.5) is 0 Å². The van der Waals surface area contributed by atoms with E-state index in [9.17, 15) is 8.42 Å². The van der Waals surface area contributed by atoms with Gasteiger partial charge >= 0.3 is 0 Å². The second kappa shape index (κ2) is 5.70. The highest BCUT2D eigenvalue weighted by Gasteiger charge is 2.21. The summed E-state index contributed by atoms with van der Waals surface area (Å²) in [5.41, 5.74) is 1.15. The highest BCUT2D eigenvalue weighted by atomic mass is 35.7. The highest BCUT2D eigenvalue weighted by Crippen LogP contribution is 2.36. The molecule has 0 aliphatic heterocycles. The molecule has 7 heteroatoms. The van der Waals surface area contributed by atoms with Crippen LogP contribution >= 0.6 is 33.9 Å². The molecular formula is C15H8Cl3NO2S. The smallest absolute Gasteiger partial charge is 0.245 e. The number of hydrogen-bond acceptors (Lipinski definition) is 3. The summed E-state index contributed by atoms with van der Waals surface area (Å²) in [5.74, 6) is 0. The Morgan fingerprint density at radius 3 is 2.27 bits per heavy atom. The lowest BCUT2D eigenvalue weighted by molar-refractivity contribution is 0.609. The Morgan fingerprint density at radius 1 is 0.909 bits per heavy atom. The molecule has 0 radical (unpaired) electrons. The van der Waals surface area contributed by atoms with Gasteiger partial charge in [-0.25, -0.2) is 13.4 Å². The maximum Gasteiger partial charge on any atom is 0.263 e. The Bertz CT molecular complexity index is 987. The predicted molar refractivity (Wildman–Crippen MR) is 90.2 cm³/mol. The van der Waals surface area contributed by atoms with Crippen LogP contribution in [0.15, 0.2) is 53.4 Å². The number of para-hydroxylation sites is 1. The quantitative estimate of drug-likeness (QED) is 0.585. The normalized spacial score (nSPS) is 11.8. The maximum absolute atomic E-state index is 11.9. The van der Waals surface area contributed by atoms with E-state index < -0.39 is 9.05 Å². The molecule has 22 heavy (non-hydrogen) atoms. The van der Waals surface area contributed by atoms with Gasteiger partial charge < -0.3 is 0 Å². The number of rotatable bonds is 2. The zero-order valence-electron chi connectivity index (χ0n) is 10.9. The molecule has 3 nitrogen and oxygen atoms in total. The van der Waals surface area contributed by atoms with Crippen LogP contribution < -0.4 is 0 Å². The van der Waals surface area contributed by atoms with Crippen LogP contribution in [0.25, 0.3) is 22.2 Å². The molecule has 0 N–H and O–H groups in total. The fourth-order valence-corrected chi connectivity index (χ4v) is 3.63. The Kier molecular flexibility index (Phi) is 4.03. The van der Waals surface area contributed by atoms with Crippen molar-refractivity contribution in [3.05, 3.63) is 58.6 Å². The lowest BCUT2D eigenvalue weighted by Crippen LogP contribution is -1.99. The Morgan fingerprint density at radius 2 is 1.59 bits per heavy atom. The molecule has 0 spiro atoms. The van der Waals surface area contributed by atoms with Gasteiger partial charge in [0.25, 0.3) is 9.05 Å². The van der Waals surface area contributed by atoms with Crippen molar-refractivity contribution in [2.75, 3.05) is 0 Å². The minimum absolute atomic E-state index is 0.1000. The van der Waals surface area contributed by atoms with Gasteiger partial charge in [-0.15, -0.1) is 0 Å². The lowest BCUT2D eigenvalue weighted by Gasteiger charge is -2.10. The van der Waals surface area contributed by atoms with E-state index in [0.29, 0.717) is 26.5 Å². The molecule has 0 aliphatic carbocycles. The molecule has 3 aromatic rings. The molecule has 0 atom stereocenters. The predicted octanol–water partition coefficient (Wildman–Crippen LogP) is 5.14. The number of pyridine rings is 1. The third kappa shape index (κ3) is 2.79. The largest absolute Gasteiger partial charge is 0.263 e. The van der Waals surface area contributed by atoms with Gasteiger partial charge in [0, 0.05) is 21.6 Å². The first kappa shape index (κ1) is 15.6. The molecule has 2 aromatic carbocycles. The van der Waals surface area contributed by atoms with Crippen molar-refractivity contribution in [2.45, 2.75) is 4.90 Å². The molecule has 1 aromatic heterocycles. The minimum Gasteiger partial charge on any atom is -0.245 e. The van der Waals surface area contributed by atoms with E-state index in [2.05, 4.69) is 4.98 Å². The van der Waals surface area contributed by atoms with Crippen molar-refractivity contribution < 1.29 is 8.42 Å². The Labute approximate surface area is 141 Å². The molecule has 1 heterocycles. The molecular weight excluding hydrogens is 365 g/mol. The summed E-state index contributed by atoms with van der Waals surface area (Å²) in [7, 11) is 1.57. The van der Waals surface area contributed by atoms with E-state index >= 15 is 0 Å². The summed E-state index contributed by atoms with van der Waals surface area (Å²) in [6.07, 6.45) is 0. The van der Waals surface area contributed by atoms with Crippen molar-refractivity contribution in [1.29, 1.82) is 0 Å². The number of aromatic nitrogens is 1. The van der Waals surface area contributed by atoms with Crippen molar-refractivity contribution in [3.8, 4) is 11.3 Å². The SMILES string of the molecule is O=S(=O)(Cl)c1cc2cccc(Cl)c2nc1-c1ccccc1Cl. The third-order valence-corrected chi connectivity index (χ3v) is 5.12. The van der Waals surface area contributed by atoms with Gasteiger partial charge in [0.15, 0.2) is 0 Å². The number of benzene rings is 2. The van der Waals surface area contributed by atoms with Gasteiger partial charge in [-0.05, 0) is 18.2 Å². The van der Waals surface area contributed by atoms with Gasteiger partial charge in [-0.1, -0.05) is 53.5 Å². The second-order valence-corrected chi connectivity index (χ2v) is 7.91. The average molecular weight is 373 g/mol. The highest BCUT2D eigenvalue weighted by molar-refractivity contribution is 8.13. The summed E-state index contributed by atoms with van der Waals surface area (Å²) < 4.78 is 23.8. The van der Waals surface area contributed by atoms with Crippen LogP contribution in [0, 0.1) is 0 Å². The Hall–Kier alpha value is -1.33. The van der Waals surface area contributed by atoms with Crippen molar-refractivity contribution in [3.63, 3.8) is 0 Å². The topological polar surface area (TPSA) is 47.0 Å². The summed E-state index contributed by atoms with van der Waals surface area (Å²) in [4.78, 5) is 4.29. The average Bonchev–Trinajstić information content (AvgIpc) is 2.46. The fourth-order valence-electron chi connectivity index (χ4n) is 2.18. The van der Waals surface area contributed by atoms with Crippen molar-refractivity contribution in [2.24, 2.45) is 0 Å². The molecule has 0 bridgehead atoms. The van der Waals surface area contributed by atoms with E-state index in [1.165, 1.54) is 6.07 Å². The molecule has 3 rings (SSSR count). The first-order valence-corrected chi connectivity index (χ1v) is 9.23. The van der Waals surface area contributed by atoms with E-state index in [-0.39, 0.29) is 10.6 Å². The minimum atomic E-state index is -3.99. The summed E-state index contributed by atoms with van der Waals surface area (Å²) in [6.45, 7) is 0. The molecule has 0 unspecified atom stereocenters. The van der Waals surface area contributed by atoms with E-state index in [1.54, 1.807) is 42.5 Å². The summed E-state index contributed by atoms with van der Waals surface area (Å²) >= 11 is 12.3. The van der Waals surface area contributed by atoms with Crippen molar-refractivity contribution in [1.82, 2.24) is 4.98 Å². The fraction of sp³-hybridized carbons (Fsp3) is 0. The first-order chi connectivity index (χ1) is 10.4. The van der Waals surface area contributed by atoms with Gasteiger partial charge in [0.1, 0.15) is 4.90 Å². The van der Waals surface area contributed by atoms with Gasteiger partial charge in [-0.3, -0.25) is 0 Å². The molecule has 0 saturated heterocycles. The lowest BCUT2D eigenvalue weighted by atomic mass is 10.1. The van der Waals surface area contributed by atoms with Crippen LogP contribution in [0.3, 0.4) is 0 Å². The maximum atomic E-state index is 11.9. The van der Waals surface area contributed by atoms with E-state index in [1.807, 2.05) is 0 Å². The standard InChI is InChI=1S/C15H8Cl3NO2S/c16-11-6-2-1-5-10(11)15-13(22(18,20)21)8-9-4-3-7-12(17)14(9)19-15/h1-8H. The summed E-state index contributed by atoms with van der Waals surface area (Å²) in [6, 6.07) is 13.4. The van der Waals surface area contributed by atoms with Gasteiger partial charge in [0.05, 0.1) is 21.3 Å². The molecule has 0 fully saturated rings. The zero-order valence-corrected chi connectivity index (χ0v) is 14.0. The third-order valence-electron chi connectivity index (χ3n) is 3.15. The van der Waals surface area contributed by atoms with Crippen LogP contribution in [0.2, 0.25) is 10.0 Å². The molecule has 0 amide bonds. The number of nitrogens with zero attached hydrogens (tertiary/aromatic N) is 1. The van der Waals surface area contributed by atoms with Crippen LogP contribution in [0.1, 0.15) is 0 Å². The van der Waals surface area contributed by atoms with Crippen molar-refractivity contribution >= 4 is 53.8 Å². The van der Waals surface area contributed by atoms with Gasteiger partial charge in [-0.2, -0.15) is 0 Å². The second-order valence-electron chi connectivity index (χ2n) is 4.56. The first-order valence-electron chi connectivity index (χ1n) is 6.17. The Balaban J connectivity index is 2.46. The van der Waals surface area contributed by atoms with E-state index in [0.717, 1.165) is 0 Å². The van der Waals surface area contributed by atoms with Crippen LogP contribution in [0.5, 0.6) is 0 Å². The molecule has 0 saturated carbocycles. The monoisotopic (exact) mass is 371 g/mol.